The molecule has 2 aromatic carbocycles. The van der Waals surface area contributed by atoms with Crippen LogP contribution in [0.25, 0.3) is 16.9 Å². The zero-order chi connectivity index (χ0) is 24.9. The highest BCUT2D eigenvalue weighted by Crippen LogP contribution is 2.39. The third-order valence-corrected chi connectivity index (χ3v) is 5.10. The van der Waals surface area contributed by atoms with Crippen molar-refractivity contribution in [3.8, 4) is 40.0 Å². The molecule has 0 aliphatic rings. The van der Waals surface area contributed by atoms with E-state index in [4.69, 9.17) is 28.9 Å². The molecule has 0 spiro atoms. The summed E-state index contributed by atoms with van der Waals surface area (Å²) in [5.74, 6) is 1.37. The van der Waals surface area contributed by atoms with Gasteiger partial charge in [-0.3, -0.25) is 9.20 Å². The summed E-state index contributed by atoms with van der Waals surface area (Å²) in [6.45, 7) is 3.57. The van der Waals surface area contributed by atoms with E-state index in [9.17, 15) is 9.90 Å². The van der Waals surface area contributed by atoms with Gasteiger partial charge in [0, 0.05) is 30.5 Å². The first-order valence-electron chi connectivity index (χ1n) is 10.9. The number of carbonyl (C=O) groups excluding carboxylic acids is 1. The van der Waals surface area contributed by atoms with Crippen molar-refractivity contribution in [2.75, 3.05) is 20.8 Å². The van der Waals surface area contributed by atoms with Crippen molar-refractivity contribution in [2.24, 2.45) is 4.99 Å². The Bertz CT molecular complexity index is 1380. The molecule has 180 valence electrons. The van der Waals surface area contributed by atoms with Gasteiger partial charge in [-0.15, -0.1) is 0 Å². The molecular weight excluding hydrogens is 450 g/mol. The number of benzene rings is 2. The van der Waals surface area contributed by atoms with Gasteiger partial charge < -0.3 is 24.1 Å². The van der Waals surface area contributed by atoms with Crippen molar-refractivity contribution < 1.29 is 28.8 Å². The average molecular weight is 476 g/mol. The van der Waals surface area contributed by atoms with E-state index in [0.29, 0.717) is 46.6 Å². The number of phenolic OH excluding ortho intramolecular Hbond substituents is 1. The third kappa shape index (κ3) is 4.89. The molecule has 1 N–H and O–H groups in total. The molecule has 4 rings (SSSR count). The number of aromatic nitrogens is 2. The summed E-state index contributed by atoms with van der Waals surface area (Å²) in [7, 11) is 2.96. The number of ether oxygens (including phenoxy) is 4. The second-order valence-electron chi connectivity index (χ2n) is 7.43. The molecule has 0 bridgehead atoms. The molecule has 2 aromatic heterocycles. The Hall–Kier alpha value is -4.53. The van der Waals surface area contributed by atoms with E-state index in [2.05, 4.69) is 0 Å². The summed E-state index contributed by atoms with van der Waals surface area (Å²) in [5, 5.41) is 10.1. The van der Waals surface area contributed by atoms with E-state index in [1.54, 1.807) is 36.5 Å². The summed E-state index contributed by atoms with van der Waals surface area (Å²) >= 11 is 0. The molecule has 0 radical (unpaired) electrons. The Kier molecular flexibility index (Phi) is 6.86. The van der Waals surface area contributed by atoms with Gasteiger partial charge in [0.15, 0.2) is 28.8 Å². The number of aromatic hydroxyl groups is 1. The van der Waals surface area contributed by atoms with Crippen LogP contribution in [-0.2, 0) is 4.79 Å². The Balaban J connectivity index is 1.82. The average Bonchev–Trinajstić information content (AvgIpc) is 3.23. The van der Waals surface area contributed by atoms with Crippen LogP contribution in [-0.4, -0.2) is 47.5 Å². The number of pyridine rings is 1. The first kappa shape index (κ1) is 23.6. The SMILES string of the molecule is CCOc1cc(-c2nc3ccccn3c2N=Cc2cc(OC)c(OC(C)=O)c(OC)c2)ccc1O. The van der Waals surface area contributed by atoms with Gasteiger partial charge in [0.05, 0.1) is 20.8 Å². The van der Waals surface area contributed by atoms with Crippen LogP contribution in [0.5, 0.6) is 28.7 Å². The van der Waals surface area contributed by atoms with E-state index in [1.165, 1.54) is 21.1 Å². The highest BCUT2D eigenvalue weighted by molar-refractivity contribution is 5.87. The fraction of sp³-hybridized carbons (Fsp3) is 0.192. The lowest BCUT2D eigenvalue weighted by Crippen LogP contribution is -2.05. The van der Waals surface area contributed by atoms with Crippen molar-refractivity contribution in [1.82, 2.24) is 9.38 Å². The Morgan fingerprint density at radius 1 is 1.09 bits per heavy atom. The zero-order valence-electron chi connectivity index (χ0n) is 19.8. The van der Waals surface area contributed by atoms with E-state index >= 15 is 0 Å². The van der Waals surface area contributed by atoms with Gasteiger partial charge in [-0.25, -0.2) is 9.98 Å². The van der Waals surface area contributed by atoms with Crippen LogP contribution in [0, 0.1) is 0 Å². The van der Waals surface area contributed by atoms with Crippen LogP contribution in [0.3, 0.4) is 0 Å². The van der Waals surface area contributed by atoms with Gasteiger partial charge in [-0.05, 0) is 49.4 Å². The van der Waals surface area contributed by atoms with Crippen LogP contribution in [0.15, 0.2) is 59.7 Å². The molecule has 2 heterocycles. The highest BCUT2D eigenvalue weighted by atomic mass is 16.6. The molecule has 0 unspecified atom stereocenters. The molecule has 0 amide bonds. The van der Waals surface area contributed by atoms with Crippen molar-refractivity contribution in [1.29, 1.82) is 0 Å². The minimum absolute atomic E-state index is 0.0523. The normalized spacial score (nSPS) is 11.1. The Morgan fingerprint density at radius 3 is 2.49 bits per heavy atom. The van der Waals surface area contributed by atoms with Crippen molar-refractivity contribution in [3.05, 3.63) is 60.3 Å². The number of nitrogens with zero attached hydrogens (tertiary/aromatic N) is 3. The zero-order valence-corrected chi connectivity index (χ0v) is 19.8. The minimum Gasteiger partial charge on any atom is -0.504 e. The second-order valence-corrected chi connectivity index (χ2v) is 7.43. The first-order valence-corrected chi connectivity index (χ1v) is 10.9. The van der Waals surface area contributed by atoms with E-state index in [1.807, 2.05) is 35.7 Å². The summed E-state index contributed by atoms with van der Waals surface area (Å²) in [6, 6.07) is 14.1. The third-order valence-electron chi connectivity index (χ3n) is 5.10. The number of hydrogen-bond acceptors (Lipinski definition) is 8. The fourth-order valence-corrected chi connectivity index (χ4v) is 3.59. The van der Waals surface area contributed by atoms with Gasteiger partial charge in [0.2, 0.25) is 5.75 Å². The summed E-state index contributed by atoms with van der Waals surface area (Å²) in [4.78, 5) is 21.0. The number of carbonyl (C=O) groups is 1. The Labute approximate surface area is 202 Å². The van der Waals surface area contributed by atoms with Crippen LogP contribution < -0.4 is 18.9 Å². The van der Waals surface area contributed by atoms with E-state index < -0.39 is 5.97 Å². The molecule has 9 heteroatoms. The largest absolute Gasteiger partial charge is 0.504 e. The van der Waals surface area contributed by atoms with E-state index in [0.717, 1.165) is 5.56 Å². The maximum atomic E-state index is 11.5. The first-order chi connectivity index (χ1) is 16.9. The molecule has 0 saturated heterocycles. The van der Waals surface area contributed by atoms with Crippen molar-refractivity contribution >= 4 is 23.6 Å². The number of phenols is 1. The fourth-order valence-electron chi connectivity index (χ4n) is 3.59. The van der Waals surface area contributed by atoms with Crippen LogP contribution >= 0.6 is 0 Å². The van der Waals surface area contributed by atoms with Crippen LogP contribution in [0.2, 0.25) is 0 Å². The highest BCUT2D eigenvalue weighted by Gasteiger charge is 2.17. The topological polar surface area (TPSA) is 104 Å². The number of esters is 1. The van der Waals surface area contributed by atoms with Gasteiger partial charge >= 0.3 is 5.97 Å². The Morgan fingerprint density at radius 2 is 1.83 bits per heavy atom. The lowest BCUT2D eigenvalue weighted by atomic mass is 10.1. The number of rotatable bonds is 8. The van der Waals surface area contributed by atoms with Gasteiger partial charge in [-0.1, -0.05) is 6.07 Å². The quantitative estimate of drug-likeness (QED) is 0.222. The standard InChI is InChI=1S/C26H25N3O6/c1-5-34-20-14-18(9-10-19(20)31)24-26(29-11-7-6-8-23(29)28-24)27-15-17-12-21(32-3)25(35-16(2)30)22(13-17)33-4/h6-15,31H,5H2,1-4H3. The lowest BCUT2D eigenvalue weighted by Gasteiger charge is -2.13. The summed E-state index contributed by atoms with van der Waals surface area (Å²) in [6.07, 6.45) is 3.51. The minimum atomic E-state index is -0.487. The molecule has 0 saturated carbocycles. The second kappa shape index (κ2) is 10.2. The molecule has 4 aromatic rings. The number of aliphatic imine (C=N–C) groups is 1. The predicted octanol–water partition coefficient (Wildman–Crippen LogP) is 4.80. The van der Waals surface area contributed by atoms with E-state index in [-0.39, 0.29) is 11.5 Å². The maximum Gasteiger partial charge on any atom is 0.308 e. The number of hydrogen-bond donors (Lipinski definition) is 1. The van der Waals surface area contributed by atoms with Gasteiger partial charge in [0.25, 0.3) is 0 Å². The van der Waals surface area contributed by atoms with Crippen LogP contribution in [0.4, 0.5) is 5.82 Å². The molecule has 0 aliphatic carbocycles. The van der Waals surface area contributed by atoms with Gasteiger partial charge in [0.1, 0.15) is 11.3 Å². The monoisotopic (exact) mass is 475 g/mol. The summed E-state index contributed by atoms with van der Waals surface area (Å²) < 4.78 is 23.5. The maximum absolute atomic E-state index is 11.5. The number of imidazole rings is 1. The molecule has 0 atom stereocenters. The molecular formula is C26H25N3O6. The molecule has 35 heavy (non-hydrogen) atoms. The summed E-state index contributed by atoms with van der Waals surface area (Å²) in [5.41, 5.74) is 2.72. The molecule has 0 aliphatic heterocycles. The van der Waals surface area contributed by atoms with Crippen molar-refractivity contribution in [2.45, 2.75) is 13.8 Å². The van der Waals surface area contributed by atoms with Gasteiger partial charge in [-0.2, -0.15) is 0 Å². The van der Waals surface area contributed by atoms with Crippen molar-refractivity contribution in [3.63, 3.8) is 0 Å². The molecule has 9 nitrogen and oxygen atoms in total. The molecule has 0 fully saturated rings. The van der Waals surface area contributed by atoms with Crippen LogP contribution in [0.1, 0.15) is 19.4 Å². The predicted molar refractivity (Wildman–Crippen MR) is 132 cm³/mol. The number of methoxy groups -OCH3 is 2. The lowest BCUT2D eigenvalue weighted by molar-refractivity contribution is -0.132. The number of fused-ring (bicyclic) bond motifs is 1. The smallest absolute Gasteiger partial charge is 0.308 e.